The van der Waals surface area contributed by atoms with Crippen molar-refractivity contribution in [2.24, 2.45) is 0 Å². The monoisotopic (exact) mass is 692 g/mol. The van der Waals surface area contributed by atoms with Crippen molar-refractivity contribution in [2.45, 2.75) is 26.7 Å². The van der Waals surface area contributed by atoms with Crippen molar-refractivity contribution >= 4 is 43.6 Å². The fraction of sp³-hybridized carbons (Fsp3) is 0.0800. The van der Waals surface area contributed by atoms with Crippen molar-refractivity contribution in [1.29, 1.82) is 0 Å². The Morgan fingerprint density at radius 2 is 0.815 bits per heavy atom. The van der Waals surface area contributed by atoms with Crippen LogP contribution in [0.15, 0.2) is 158 Å². The van der Waals surface area contributed by atoms with Crippen LogP contribution in [0.25, 0.3) is 88.6 Å². The van der Waals surface area contributed by atoms with E-state index in [1.165, 1.54) is 99.2 Å². The van der Waals surface area contributed by atoms with E-state index in [0.29, 0.717) is 0 Å². The third-order valence-electron chi connectivity index (χ3n) is 11.4. The molecule has 11 rings (SSSR count). The smallest absolute Gasteiger partial charge is 0.137 e. The second-order valence-corrected chi connectivity index (χ2v) is 14.8. The molecule has 0 bridgehead atoms. The van der Waals surface area contributed by atoms with E-state index in [4.69, 9.17) is 9.97 Å². The highest BCUT2D eigenvalue weighted by molar-refractivity contribution is 6.14. The molecule has 1 aliphatic carbocycles. The Labute approximate surface area is 313 Å². The Morgan fingerprint density at radius 3 is 1.24 bits per heavy atom. The van der Waals surface area contributed by atoms with Crippen molar-refractivity contribution in [1.82, 2.24) is 19.1 Å². The highest BCUT2D eigenvalue weighted by atomic mass is 15.1. The zero-order chi connectivity index (χ0) is 35.9. The van der Waals surface area contributed by atoms with Crippen molar-refractivity contribution in [3.63, 3.8) is 0 Å². The van der Waals surface area contributed by atoms with Crippen LogP contribution in [0.5, 0.6) is 0 Å². The minimum atomic E-state index is 0.939. The van der Waals surface area contributed by atoms with E-state index in [0.717, 1.165) is 24.5 Å². The van der Waals surface area contributed by atoms with Crippen LogP contribution >= 0.6 is 0 Å². The van der Waals surface area contributed by atoms with E-state index in [2.05, 4.69) is 169 Å². The molecule has 4 nitrogen and oxygen atoms in total. The lowest BCUT2D eigenvalue weighted by Gasteiger charge is -2.21. The molecule has 1 aliphatic rings. The van der Waals surface area contributed by atoms with Gasteiger partial charge >= 0.3 is 0 Å². The summed E-state index contributed by atoms with van der Waals surface area (Å²) in [6, 6.07) is 53.5. The molecule has 0 saturated carbocycles. The van der Waals surface area contributed by atoms with Gasteiger partial charge < -0.3 is 0 Å². The summed E-state index contributed by atoms with van der Waals surface area (Å²) in [5, 5.41) is 5.03. The SMILES string of the molecule is Cc1ccnc(-n2c3ccc(-c4ccccc4)cc3c3cc4c(cc32)-c2cc3c(cc2CC4)c2cc(-c4ccccc4)ccc2n3-c2cc(C)ccn2)c1. The van der Waals surface area contributed by atoms with Gasteiger partial charge in [-0.15, -0.1) is 0 Å². The first kappa shape index (κ1) is 30.8. The van der Waals surface area contributed by atoms with E-state index < -0.39 is 0 Å². The molecule has 4 heteroatoms. The fourth-order valence-electron chi connectivity index (χ4n) is 8.80. The molecule has 4 heterocycles. The van der Waals surface area contributed by atoms with E-state index in [-0.39, 0.29) is 0 Å². The number of hydrogen-bond donors (Lipinski definition) is 0. The van der Waals surface area contributed by atoms with E-state index in [1.807, 2.05) is 12.4 Å². The van der Waals surface area contributed by atoms with Crippen molar-refractivity contribution in [2.75, 3.05) is 0 Å². The van der Waals surface area contributed by atoms with Gasteiger partial charge in [-0.05, 0) is 155 Å². The Bertz CT molecular complexity index is 2900. The summed E-state index contributed by atoms with van der Waals surface area (Å²) in [4.78, 5) is 9.84. The summed E-state index contributed by atoms with van der Waals surface area (Å²) in [6.45, 7) is 4.28. The van der Waals surface area contributed by atoms with Gasteiger partial charge in [0.15, 0.2) is 0 Å². The van der Waals surface area contributed by atoms with Gasteiger partial charge in [-0.3, -0.25) is 9.13 Å². The first-order valence-corrected chi connectivity index (χ1v) is 18.8. The molecule has 0 saturated heterocycles. The number of aryl methyl sites for hydroxylation is 4. The van der Waals surface area contributed by atoms with Gasteiger partial charge in [0, 0.05) is 33.9 Å². The number of fused-ring (bicyclic) bond motifs is 9. The maximum absolute atomic E-state index is 4.92. The zero-order valence-electron chi connectivity index (χ0n) is 30.2. The highest BCUT2D eigenvalue weighted by Gasteiger charge is 2.24. The summed E-state index contributed by atoms with van der Waals surface area (Å²) < 4.78 is 4.72. The van der Waals surface area contributed by atoms with Crippen molar-refractivity contribution < 1.29 is 0 Å². The zero-order valence-corrected chi connectivity index (χ0v) is 30.2. The molecular weight excluding hydrogens is 657 g/mol. The predicted octanol–water partition coefficient (Wildman–Crippen LogP) is 12.4. The third-order valence-corrected chi connectivity index (χ3v) is 11.4. The summed E-state index contributed by atoms with van der Waals surface area (Å²) in [7, 11) is 0. The first-order valence-electron chi connectivity index (χ1n) is 18.8. The summed E-state index contributed by atoms with van der Waals surface area (Å²) in [5.74, 6) is 1.88. The first-order chi connectivity index (χ1) is 26.6. The summed E-state index contributed by atoms with van der Waals surface area (Å²) in [6.07, 6.45) is 5.83. The minimum absolute atomic E-state index is 0.939. The van der Waals surface area contributed by atoms with Gasteiger partial charge in [-0.25, -0.2) is 9.97 Å². The largest absolute Gasteiger partial charge is 0.294 e. The van der Waals surface area contributed by atoms with Crippen LogP contribution in [0.3, 0.4) is 0 Å². The molecule has 0 unspecified atom stereocenters. The van der Waals surface area contributed by atoms with Gasteiger partial charge in [0.2, 0.25) is 0 Å². The maximum Gasteiger partial charge on any atom is 0.137 e. The van der Waals surface area contributed by atoms with Gasteiger partial charge in [0.25, 0.3) is 0 Å². The average molecular weight is 693 g/mol. The predicted molar refractivity (Wildman–Crippen MR) is 224 cm³/mol. The van der Waals surface area contributed by atoms with E-state index >= 15 is 0 Å². The lowest BCUT2D eigenvalue weighted by atomic mass is 9.84. The molecular formula is C50H36N4. The van der Waals surface area contributed by atoms with Crippen molar-refractivity contribution in [3.05, 3.63) is 180 Å². The molecule has 256 valence electrons. The molecule has 0 spiro atoms. The van der Waals surface area contributed by atoms with Crippen LogP contribution in [-0.2, 0) is 12.8 Å². The lowest BCUT2D eigenvalue weighted by Crippen LogP contribution is -2.05. The Kier molecular flexibility index (Phi) is 6.77. The van der Waals surface area contributed by atoms with Gasteiger partial charge in [0.05, 0.1) is 22.1 Å². The normalized spacial score (nSPS) is 12.5. The van der Waals surface area contributed by atoms with Gasteiger partial charge in [0.1, 0.15) is 11.6 Å². The van der Waals surface area contributed by atoms with Crippen molar-refractivity contribution in [3.8, 4) is 45.0 Å². The summed E-state index contributed by atoms with van der Waals surface area (Å²) >= 11 is 0. The van der Waals surface area contributed by atoms with Crippen LogP contribution < -0.4 is 0 Å². The molecule has 0 N–H and O–H groups in total. The Balaban J connectivity index is 1.18. The maximum atomic E-state index is 4.92. The van der Waals surface area contributed by atoms with E-state index in [1.54, 1.807) is 0 Å². The number of benzene rings is 6. The summed E-state index contributed by atoms with van der Waals surface area (Å²) in [5.41, 5.74) is 17.3. The quantitative estimate of drug-likeness (QED) is 0.184. The number of hydrogen-bond acceptors (Lipinski definition) is 2. The third kappa shape index (κ3) is 4.77. The Hall–Kier alpha value is -6.78. The lowest BCUT2D eigenvalue weighted by molar-refractivity contribution is 0.945. The van der Waals surface area contributed by atoms with Crippen LogP contribution in [-0.4, -0.2) is 19.1 Å². The molecule has 4 aromatic heterocycles. The van der Waals surface area contributed by atoms with Crippen LogP contribution in [0.1, 0.15) is 22.3 Å². The fourth-order valence-corrected chi connectivity index (χ4v) is 8.80. The molecule has 6 aromatic carbocycles. The average Bonchev–Trinajstić information content (AvgIpc) is 3.70. The standard InChI is InChI=1S/C50H36N4/c1-31-19-21-51-49(23-31)53-45-17-15-35(33-9-5-3-6-10-33)25-41(45)43-27-37-13-14-38-28-44-42-26-36(34-11-7-4-8-12-34)16-18-46(42)54(50-24-32(2)20-22-52-50)48(44)30-40(38)39(37)29-47(43)53/h3-12,15-30H,13-14H2,1-2H3. The minimum Gasteiger partial charge on any atom is -0.294 e. The van der Waals surface area contributed by atoms with Crippen LogP contribution in [0.4, 0.5) is 0 Å². The van der Waals surface area contributed by atoms with Gasteiger partial charge in [-0.2, -0.15) is 0 Å². The van der Waals surface area contributed by atoms with E-state index in [9.17, 15) is 0 Å². The molecule has 0 fully saturated rings. The Morgan fingerprint density at radius 1 is 0.389 bits per heavy atom. The second kappa shape index (κ2) is 11.9. The molecule has 0 amide bonds. The molecule has 0 radical (unpaired) electrons. The second-order valence-electron chi connectivity index (χ2n) is 14.8. The topological polar surface area (TPSA) is 35.6 Å². The molecule has 0 aliphatic heterocycles. The van der Waals surface area contributed by atoms with Crippen LogP contribution in [0.2, 0.25) is 0 Å². The molecule has 10 aromatic rings. The number of nitrogens with zero attached hydrogens (tertiary/aromatic N) is 4. The van der Waals surface area contributed by atoms with Gasteiger partial charge in [-0.1, -0.05) is 72.8 Å². The number of pyridine rings is 2. The number of rotatable bonds is 4. The van der Waals surface area contributed by atoms with Crippen LogP contribution in [0, 0.1) is 13.8 Å². The molecule has 0 atom stereocenters. The highest BCUT2D eigenvalue weighted by Crippen LogP contribution is 2.44. The molecule has 54 heavy (non-hydrogen) atoms. The number of aromatic nitrogens is 4.